The molecule has 0 bridgehead atoms. The van der Waals surface area contributed by atoms with Gasteiger partial charge in [0.15, 0.2) is 5.78 Å². The van der Waals surface area contributed by atoms with Crippen molar-refractivity contribution in [2.24, 2.45) is 0 Å². The first-order chi connectivity index (χ1) is 13.1. The molecule has 1 aliphatic heterocycles. The summed E-state index contributed by atoms with van der Waals surface area (Å²) in [7, 11) is -3.85. The summed E-state index contributed by atoms with van der Waals surface area (Å²) in [5.74, 6) is -0.115. The first-order valence-electron chi connectivity index (χ1n) is 8.69. The van der Waals surface area contributed by atoms with E-state index in [9.17, 15) is 26.4 Å². The molecule has 0 aliphatic carbocycles. The van der Waals surface area contributed by atoms with Gasteiger partial charge in [-0.05, 0) is 24.6 Å². The van der Waals surface area contributed by atoms with Crippen LogP contribution >= 0.6 is 23.2 Å². The summed E-state index contributed by atoms with van der Waals surface area (Å²) in [5, 5.41) is 0. The van der Waals surface area contributed by atoms with Crippen LogP contribution < -0.4 is 4.31 Å². The number of benzene rings is 1. The van der Waals surface area contributed by atoms with Gasteiger partial charge in [-0.15, -0.1) is 23.2 Å². The third kappa shape index (κ3) is 5.75. The fourth-order valence-electron chi connectivity index (χ4n) is 3.01. The van der Waals surface area contributed by atoms with Crippen LogP contribution in [0.4, 0.5) is 18.9 Å². The van der Waals surface area contributed by atoms with Crippen molar-refractivity contribution in [2.45, 2.75) is 19.0 Å². The number of rotatable bonds is 8. The van der Waals surface area contributed by atoms with Gasteiger partial charge in [0.1, 0.15) is 0 Å². The quantitative estimate of drug-likeness (QED) is 0.556. The molecule has 2 rings (SSSR count). The molecule has 28 heavy (non-hydrogen) atoms. The molecule has 0 spiro atoms. The minimum Gasteiger partial charge on any atom is -0.300 e. The predicted octanol–water partition coefficient (Wildman–Crippen LogP) is 3.60. The van der Waals surface area contributed by atoms with Crippen molar-refractivity contribution in [3.8, 4) is 0 Å². The van der Waals surface area contributed by atoms with Crippen molar-refractivity contribution in [1.29, 1.82) is 0 Å². The topological polar surface area (TPSA) is 57.7 Å². The monoisotopic (exact) mass is 460 g/mol. The van der Waals surface area contributed by atoms with Gasteiger partial charge in [0.25, 0.3) is 0 Å². The van der Waals surface area contributed by atoms with Crippen LogP contribution in [0, 0.1) is 0 Å². The van der Waals surface area contributed by atoms with Crippen LogP contribution in [0.2, 0.25) is 0 Å². The summed E-state index contributed by atoms with van der Waals surface area (Å²) in [4.78, 5) is 14.1. The molecule has 0 N–H and O–H groups in total. The summed E-state index contributed by atoms with van der Waals surface area (Å²) in [6.07, 6.45) is -4.39. The van der Waals surface area contributed by atoms with Crippen LogP contribution in [0.3, 0.4) is 0 Å². The molecule has 0 amide bonds. The number of carbonyl (C=O) groups excluding carboxylic acids is 1. The lowest BCUT2D eigenvalue weighted by Crippen LogP contribution is -2.39. The Balaban J connectivity index is 2.32. The molecule has 1 aromatic rings. The lowest BCUT2D eigenvalue weighted by atomic mass is 10.0. The van der Waals surface area contributed by atoms with Gasteiger partial charge in [0, 0.05) is 49.9 Å². The number of carbonyl (C=O) groups is 1. The number of hydrogen-bond acceptors (Lipinski definition) is 4. The highest BCUT2D eigenvalue weighted by Crippen LogP contribution is 2.35. The Morgan fingerprint density at radius 3 is 2.32 bits per heavy atom. The summed E-state index contributed by atoms with van der Waals surface area (Å²) >= 11 is 11.4. The maximum absolute atomic E-state index is 13.0. The largest absolute Gasteiger partial charge is 0.416 e. The van der Waals surface area contributed by atoms with Crippen molar-refractivity contribution in [2.75, 3.05) is 48.0 Å². The molecular formula is C17H21Cl2F3N2O3S. The second-order valence-corrected chi connectivity index (χ2v) is 9.13. The van der Waals surface area contributed by atoms with Crippen LogP contribution in [-0.4, -0.2) is 62.8 Å². The van der Waals surface area contributed by atoms with Crippen LogP contribution in [0.15, 0.2) is 18.2 Å². The summed E-state index contributed by atoms with van der Waals surface area (Å²) in [5.41, 5.74) is -1.19. The third-order valence-corrected chi connectivity index (χ3v) is 6.55. The number of Topliss-reactive ketones (excluding diaryl/α,β-unsaturated/α-hetero) is 1. The highest BCUT2D eigenvalue weighted by atomic mass is 35.5. The van der Waals surface area contributed by atoms with E-state index in [0.29, 0.717) is 24.8 Å². The standard InChI is InChI=1S/C17H21Cl2F3N2O3S/c18-5-8-23(9-6-19)10-11-28(26,27)24-7-1-2-16(25)14-12-13(17(20,21)22)3-4-15(14)24/h3-4,12H,1-2,5-11H2. The number of halogens is 5. The van der Waals surface area contributed by atoms with E-state index in [0.717, 1.165) is 22.5 Å². The van der Waals surface area contributed by atoms with E-state index in [1.807, 2.05) is 0 Å². The smallest absolute Gasteiger partial charge is 0.300 e. The molecule has 5 nitrogen and oxygen atoms in total. The summed E-state index contributed by atoms with van der Waals surface area (Å²) in [6, 6.07) is 2.60. The number of fused-ring (bicyclic) bond motifs is 1. The molecule has 158 valence electrons. The number of hydrogen-bond donors (Lipinski definition) is 0. The van der Waals surface area contributed by atoms with E-state index in [1.165, 1.54) is 0 Å². The lowest BCUT2D eigenvalue weighted by Gasteiger charge is -2.27. The molecule has 1 heterocycles. The number of ketones is 1. The van der Waals surface area contributed by atoms with Gasteiger partial charge in [0.05, 0.1) is 17.0 Å². The normalized spacial score (nSPS) is 15.6. The molecule has 0 radical (unpaired) electrons. The second kappa shape index (κ2) is 9.65. The van der Waals surface area contributed by atoms with Gasteiger partial charge in [-0.3, -0.25) is 14.0 Å². The number of anilines is 1. The Labute approximate surface area is 172 Å². The van der Waals surface area contributed by atoms with Crippen LogP contribution in [0.25, 0.3) is 0 Å². The molecule has 0 saturated carbocycles. The predicted molar refractivity (Wildman–Crippen MR) is 104 cm³/mol. The van der Waals surface area contributed by atoms with E-state index in [4.69, 9.17) is 23.2 Å². The van der Waals surface area contributed by atoms with E-state index in [1.54, 1.807) is 4.90 Å². The zero-order valence-corrected chi connectivity index (χ0v) is 17.3. The van der Waals surface area contributed by atoms with Crippen molar-refractivity contribution in [3.63, 3.8) is 0 Å². The molecular weight excluding hydrogens is 440 g/mol. The van der Waals surface area contributed by atoms with Crippen molar-refractivity contribution >= 4 is 44.7 Å². The molecule has 11 heteroatoms. The summed E-state index contributed by atoms with van der Waals surface area (Å²) < 4.78 is 65.9. The minimum atomic E-state index is -4.62. The van der Waals surface area contributed by atoms with Gasteiger partial charge in [-0.1, -0.05) is 0 Å². The number of sulfonamides is 1. The molecule has 0 aromatic heterocycles. The first-order valence-corrected chi connectivity index (χ1v) is 11.4. The number of nitrogens with zero attached hydrogens (tertiary/aromatic N) is 2. The Kier molecular flexibility index (Phi) is 8.01. The van der Waals surface area contributed by atoms with Gasteiger partial charge in [-0.2, -0.15) is 13.2 Å². The van der Waals surface area contributed by atoms with Crippen LogP contribution in [0.1, 0.15) is 28.8 Å². The maximum Gasteiger partial charge on any atom is 0.416 e. The van der Waals surface area contributed by atoms with Crippen LogP contribution in [0.5, 0.6) is 0 Å². The highest BCUT2D eigenvalue weighted by molar-refractivity contribution is 7.92. The van der Waals surface area contributed by atoms with E-state index >= 15 is 0 Å². The Morgan fingerprint density at radius 2 is 1.75 bits per heavy atom. The average Bonchev–Trinajstić information content (AvgIpc) is 2.78. The Bertz CT molecular complexity index is 797. The van der Waals surface area contributed by atoms with E-state index < -0.39 is 27.5 Å². The third-order valence-electron chi connectivity index (χ3n) is 4.46. The Hall–Kier alpha value is -1.03. The summed E-state index contributed by atoms with van der Waals surface area (Å²) in [6.45, 7) is 1.15. The molecule has 1 aromatic carbocycles. The van der Waals surface area contributed by atoms with Gasteiger partial charge in [0.2, 0.25) is 10.0 Å². The first kappa shape index (κ1) is 23.3. The maximum atomic E-state index is 13.0. The zero-order chi connectivity index (χ0) is 20.9. The van der Waals surface area contributed by atoms with Gasteiger partial charge < -0.3 is 0 Å². The second-order valence-electron chi connectivity index (χ2n) is 6.36. The average molecular weight is 461 g/mol. The molecule has 0 fully saturated rings. The van der Waals surface area contributed by atoms with E-state index in [-0.39, 0.29) is 42.9 Å². The lowest BCUT2D eigenvalue weighted by molar-refractivity contribution is -0.137. The SMILES string of the molecule is O=C1CCCN(S(=O)(=O)CCN(CCCl)CCCl)c2ccc(C(F)(F)F)cc21. The van der Waals surface area contributed by atoms with Crippen molar-refractivity contribution in [1.82, 2.24) is 4.90 Å². The minimum absolute atomic E-state index is 0.00302. The van der Waals surface area contributed by atoms with Crippen LogP contribution in [-0.2, 0) is 16.2 Å². The fraction of sp³-hybridized carbons (Fsp3) is 0.588. The fourth-order valence-corrected chi connectivity index (χ4v) is 5.06. The van der Waals surface area contributed by atoms with Crippen molar-refractivity contribution < 1.29 is 26.4 Å². The molecule has 0 saturated heterocycles. The van der Waals surface area contributed by atoms with Crippen molar-refractivity contribution in [3.05, 3.63) is 29.3 Å². The van der Waals surface area contributed by atoms with E-state index in [2.05, 4.69) is 0 Å². The van der Waals surface area contributed by atoms with Gasteiger partial charge >= 0.3 is 6.18 Å². The molecule has 0 atom stereocenters. The van der Waals surface area contributed by atoms with Gasteiger partial charge in [-0.25, -0.2) is 8.42 Å². The molecule has 0 unspecified atom stereocenters. The zero-order valence-electron chi connectivity index (χ0n) is 15.0. The highest BCUT2D eigenvalue weighted by Gasteiger charge is 2.35. The number of alkyl halides is 5. The molecule has 1 aliphatic rings. The Morgan fingerprint density at radius 1 is 1.11 bits per heavy atom.